The molecule has 96 valence electrons. The first kappa shape index (κ1) is 14.5. The normalized spacial score (nSPS) is 20.2. The van der Waals surface area contributed by atoms with Gasteiger partial charge in [0.25, 0.3) is 0 Å². The van der Waals surface area contributed by atoms with Gasteiger partial charge in [0.05, 0.1) is 25.4 Å². The van der Waals surface area contributed by atoms with Gasteiger partial charge in [-0.1, -0.05) is 28.8 Å². The van der Waals surface area contributed by atoms with Gasteiger partial charge in [0.15, 0.2) is 0 Å². The topological polar surface area (TPSA) is 18.5 Å². The van der Waals surface area contributed by atoms with E-state index in [0.717, 1.165) is 11.9 Å². The molecule has 16 heavy (non-hydrogen) atoms. The van der Waals surface area contributed by atoms with Gasteiger partial charge < -0.3 is 9.47 Å². The van der Waals surface area contributed by atoms with Crippen LogP contribution in [0.2, 0.25) is 0 Å². The maximum Gasteiger partial charge on any atom is 0.0707 e. The molecule has 2 nitrogen and oxygen atoms in total. The van der Waals surface area contributed by atoms with Crippen LogP contribution in [0.1, 0.15) is 46.5 Å². The highest BCUT2D eigenvalue weighted by molar-refractivity contribution is 9.09. The molecule has 1 rings (SSSR count). The summed E-state index contributed by atoms with van der Waals surface area (Å²) in [5.41, 5.74) is 0.353. The van der Waals surface area contributed by atoms with Crippen LogP contribution in [-0.2, 0) is 9.47 Å². The van der Waals surface area contributed by atoms with E-state index >= 15 is 0 Å². The maximum atomic E-state index is 5.75. The lowest BCUT2D eigenvalue weighted by molar-refractivity contribution is -0.0458. The molecule has 3 heteroatoms. The van der Waals surface area contributed by atoms with Gasteiger partial charge in [-0.2, -0.15) is 0 Å². The van der Waals surface area contributed by atoms with Gasteiger partial charge in [0.2, 0.25) is 0 Å². The molecule has 0 aromatic heterocycles. The summed E-state index contributed by atoms with van der Waals surface area (Å²) >= 11 is 3.62. The Morgan fingerprint density at radius 2 is 1.75 bits per heavy atom. The summed E-state index contributed by atoms with van der Waals surface area (Å²) in [4.78, 5) is 0. The van der Waals surface area contributed by atoms with Crippen molar-refractivity contribution in [3.63, 3.8) is 0 Å². The average Bonchev–Trinajstić information content (AvgIpc) is 2.65. The molecule has 0 saturated heterocycles. The molecule has 0 bridgehead atoms. The lowest BCUT2D eigenvalue weighted by atomic mass is 9.90. The second-order valence-corrected chi connectivity index (χ2v) is 6.41. The van der Waals surface area contributed by atoms with Gasteiger partial charge >= 0.3 is 0 Å². The minimum Gasteiger partial charge on any atom is -0.378 e. The zero-order chi connectivity index (χ0) is 12.1. The van der Waals surface area contributed by atoms with Crippen molar-refractivity contribution in [2.24, 2.45) is 5.41 Å². The van der Waals surface area contributed by atoms with Crippen LogP contribution in [0.25, 0.3) is 0 Å². The second-order valence-electron chi connectivity index (χ2n) is 5.85. The molecule has 0 radical (unpaired) electrons. The minimum atomic E-state index is -0.0518. The van der Waals surface area contributed by atoms with E-state index in [9.17, 15) is 0 Å². The molecule has 0 aliphatic heterocycles. The Morgan fingerprint density at radius 1 is 1.12 bits per heavy atom. The Balaban J connectivity index is 2.10. The number of ether oxygens (including phenoxy) is 2. The van der Waals surface area contributed by atoms with Crippen molar-refractivity contribution in [1.82, 2.24) is 0 Å². The van der Waals surface area contributed by atoms with E-state index in [-0.39, 0.29) is 5.60 Å². The van der Waals surface area contributed by atoms with Gasteiger partial charge in [0, 0.05) is 10.7 Å². The summed E-state index contributed by atoms with van der Waals surface area (Å²) in [6, 6.07) is 0. The summed E-state index contributed by atoms with van der Waals surface area (Å²) < 4.78 is 11.4. The lowest BCUT2D eigenvalue weighted by Gasteiger charge is -2.26. The first-order chi connectivity index (χ1) is 7.47. The van der Waals surface area contributed by atoms with Crippen LogP contribution in [0.4, 0.5) is 0 Å². The zero-order valence-corrected chi connectivity index (χ0v) is 12.4. The van der Waals surface area contributed by atoms with Crippen LogP contribution in [0, 0.1) is 5.41 Å². The third kappa shape index (κ3) is 5.15. The fraction of sp³-hybridized carbons (Fsp3) is 1.00. The number of halogens is 1. The summed E-state index contributed by atoms with van der Waals surface area (Å²) in [7, 11) is 0. The van der Waals surface area contributed by atoms with E-state index in [2.05, 4.69) is 36.7 Å². The largest absolute Gasteiger partial charge is 0.378 e. The Bertz CT molecular complexity index is 193. The first-order valence-electron chi connectivity index (χ1n) is 6.25. The summed E-state index contributed by atoms with van der Waals surface area (Å²) in [6.45, 7) is 8.51. The molecule has 0 N–H and O–H groups in total. The molecular weight excluding hydrogens is 268 g/mol. The summed E-state index contributed by atoms with van der Waals surface area (Å²) in [5, 5.41) is 1.07. The Morgan fingerprint density at radius 3 is 2.25 bits per heavy atom. The fourth-order valence-electron chi connectivity index (χ4n) is 2.14. The monoisotopic (exact) mass is 292 g/mol. The number of hydrogen-bond acceptors (Lipinski definition) is 2. The molecule has 0 heterocycles. The summed E-state index contributed by atoms with van der Waals surface area (Å²) in [6.07, 6.45) is 5.32. The van der Waals surface area contributed by atoms with Crippen molar-refractivity contribution in [2.75, 3.05) is 25.2 Å². The van der Waals surface area contributed by atoms with Crippen molar-refractivity contribution in [1.29, 1.82) is 0 Å². The molecule has 0 aromatic rings. The molecule has 0 amide bonds. The number of rotatable bonds is 6. The van der Waals surface area contributed by atoms with Crippen LogP contribution in [0.15, 0.2) is 0 Å². The van der Waals surface area contributed by atoms with E-state index in [1.54, 1.807) is 0 Å². The number of hydrogen-bond donors (Lipinski definition) is 0. The van der Waals surface area contributed by atoms with Crippen LogP contribution in [-0.4, -0.2) is 30.8 Å². The molecule has 1 aliphatic carbocycles. The SMILES string of the molecule is CC(C)(C)OCCOCC1(CBr)CCCC1. The third-order valence-corrected chi connectivity index (χ3v) is 4.31. The smallest absolute Gasteiger partial charge is 0.0707 e. The highest BCUT2D eigenvalue weighted by Gasteiger charge is 2.32. The molecule has 0 aromatic carbocycles. The number of alkyl halides is 1. The van der Waals surface area contributed by atoms with Crippen molar-refractivity contribution in [2.45, 2.75) is 52.1 Å². The zero-order valence-electron chi connectivity index (χ0n) is 10.9. The predicted molar refractivity (Wildman–Crippen MR) is 71.2 cm³/mol. The highest BCUT2D eigenvalue weighted by Crippen LogP contribution is 2.39. The van der Waals surface area contributed by atoms with Gasteiger partial charge in [-0.3, -0.25) is 0 Å². The van der Waals surface area contributed by atoms with E-state index < -0.39 is 0 Å². The Labute approximate surface area is 108 Å². The molecule has 0 spiro atoms. The standard InChI is InChI=1S/C13H25BrO2/c1-12(2,3)16-9-8-15-11-13(10-14)6-4-5-7-13/h4-11H2,1-3H3. The molecule has 1 fully saturated rings. The highest BCUT2D eigenvalue weighted by atomic mass is 79.9. The van der Waals surface area contributed by atoms with Crippen molar-refractivity contribution in [3.8, 4) is 0 Å². The van der Waals surface area contributed by atoms with Gasteiger partial charge in [-0.15, -0.1) is 0 Å². The van der Waals surface area contributed by atoms with Crippen LogP contribution >= 0.6 is 15.9 Å². The molecule has 1 saturated carbocycles. The van der Waals surface area contributed by atoms with E-state index in [4.69, 9.17) is 9.47 Å². The van der Waals surface area contributed by atoms with Gasteiger partial charge in [-0.25, -0.2) is 0 Å². The maximum absolute atomic E-state index is 5.75. The van der Waals surface area contributed by atoms with Crippen LogP contribution in [0.3, 0.4) is 0 Å². The van der Waals surface area contributed by atoms with Gasteiger partial charge in [-0.05, 0) is 33.6 Å². The molecule has 0 atom stereocenters. The molecular formula is C13H25BrO2. The van der Waals surface area contributed by atoms with Crippen molar-refractivity contribution >= 4 is 15.9 Å². The Kier molecular flexibility index (Phi) is 5.75. The van der Waals surface area contributed by atoms with Crippen molar-refractivity contribution < 1.29 is 9.47 Å². The van der Waals surface area contributed by atoms with Crippen LogP contribution in [0.5, 0.6) is 0 Å². The minimum absolute atomic E-state index is 0.0518. The quantitative estimate of drug-likeness (QED) is 0.548. The first-order valence-corrected chi connectivity index (χ1v) is 7.37. The van der Waals surface area contributed by atoms with E-state index in [1.807, 2.05) is 0 Å². The summed E-state index contributed by atoms with van der Waals surface area (Å²) in [5.74, 6) is 0. The Hall–Kier alpha value is 0.400. The predicted octanol–water partition coefficient (Wildman–Crippen LogP) is 3.77. The molecule has 0 unspecified atom stereocenters. The fourth-order valence-corrected chi connectivity index (χ4v) is 2.86. The molecule has 1 aliphatic rings. The van der Waals surface area contributed by atoms with Gasteiger partial charge in [0.1, 0.15) is 0 Å². The lowest BCUT2D eigenvalue weighted by Crippen LogP contribution is -2.27. The van der Waals surface area contributed by atoms with E-state index in [1.165, 1.54) is 25.7 Å². The van der Waals surface area contributed by atoms with E-state index in [0.29, 0.717) is 18.6 Å². The second kappa shape index (κ2) is 6.36. The van der Waals surface area contributed by atoms with Crippen molar-refractivity contribution in [3.05, 3.63) is 0 Å². The average molecular weight is 293 g/mol. The van der Waals surface area contributed by atoms with Crippen LogP contribution < -0.4 is 0 Å². The third-order valence-electron chi connectivity index (χ3n) is 3.12.